The maximum atomic E-state index is 4.89. The van der Waals surface area contributed by atoms with Gasteiger partial charge in [0.1, 0.15) is 11.2 Å². The Bertz CT molecular complexity index is 1140. The molecule has 0 aliphatic heterocycles. The molecule has 0 aliphatic rings. The molecule has 0 unspecified atom stereocenters. The summed E-state index contributed by atoms with van der Waals surface area (Å²) in [6, 6.07) is 14.8. The molecule has 5 aromatic rings. The number of hydrogen-bond acceptors (Lipinski definition) is 4. The Kier molecular flexibility index (Phi) is 2.10. The van der Waals surface area contributed by atoms with E-state index in [0.717, 1.165) is 31.3 Å². The lowest BCUT2D eigenvalue weighted by Crippen LogP contribution is -1.82. The van der Waals surface area contributed by atoms with Crippen LogP contribution in [0.5, 0.6) is 0 Å². The van der Waals surface area contributed by atoms with Crippen molar-refractivity contribution in [3.05, 3.63) is 55.0 Å². The van der Waals surface area contributed by atoms with E-state index in [0.29, 0.717) is 0 Å². The molecule has 0 atom stereocenters. The Hall–Kier alpha value is -2.59. The van der Waals surface area contributed by atoms with Crippen molar-refractivity contribution in [2.24, 2.45) is 0 Å². The number of nitrogens with zero attached hydrogens (tertiary/aromatic N) is 3. The van der Waals surface area contributed by atoms with Crippen molar-refractivity contribution in [1.82, 2.24) is 15.0 Å². The fraction of sp³-hybridized carbons (Fsp3) is 0. The van der Waals surface area contributed by atoms with E-state index < -0.39 is 0 Å². The molecule has 0 fully saturated rings. The standard InChI is InChI=1S/C17H9N3S/c1-2-4-12-10(3-1)5-6-11-7-13-16-14(8-18-9-19-16)21-17(13)20-15(11)12/h1-9H. The van der Waals surface area contributed by atoms with Crippen molar-refractivity contribution in [2.45, 2.75) is 0 Å². The number of pyridine rings is 1. The summed E-state index contributed by atoms with van der Waals surface area (Å²) in [7, 11) is 0. The molecule has 0 radical (unpaired) electrons. The van der Waals surface area contributed by atoms with Crippen LogP contribution < -0.4 is 0 Å². The second-order valence-electron chi connectivity index (χ2n) is 5.04. The molecule has 4 heteroatoms. The zero-order chi connectivity index (χ0) is 13.8. The highest BCUT2D eigenvalue weighted by atomic mass is 32.1. The third-order valence-corrected chi connectivity index (χ3v) is 4.84. The van der Waals surface area contributed by atoms with Crippen molar-refractivity contribution < 1.29 is 0 Å². The first-order valence-electron chi connectivity index (χ1n) is 6.71. The predicted molar refractivity (Wildman–Crippen MR) is 87.7 cm³/mol. The van der Waals surface area contributed by atoms with Gasteiger partial charge in [-0.15, -0.1) is 11.3 Å². The first kappa shape index (κ1) is 11.1. The summed E-state index contributed by atoms with van der Waals surface area (Å²) in [6.07, 6.45) is 3.45. The number of rotatable bonds is 0. The molecular weight excluding hydrogens is 278 g/mol. The highest BCUT2D eigenvalue weighted by Crippen LogP contribution is 2.34. The van der Waals surface area contributed by atoms with Crippen LogP contribution >= 0.6 is 11.3 Å². The maximum Gasteiger partial charge on any atom is 0.126 e. The first-order valence-corrected chi connectivity index (χ1v) is 7.52. The van der Waals surface area contributed by atoms with Gasteiger partial charge in [-0.25, -0.2) is 15.0 Å². The van der Waals surface area contributed by atoms with Gasteiger partial charge in [0.05, 0.1) is 15.7 Å². The lowest BCUT2D eigenvalue weighted by atomic mass is 10.1. The number of thiophene rings is 1. The molecule has 2 aromatic carbocycles. The molecule has 0 saturated heterocycles. The van der Waals surface area contributed by atoms with Crippen LogP contribution in [0, 0.1) is 0 Å². The van der Waals surface area contributed by atoms with Crippen LogP contribution in [0.25, 0.3) is 42.1 Å². The largest absolute Gasteiger partial charge is 0.243 e. The molecule has 0 aliphatic carbocycles. The van der Waals surface area contributed by atoms with E-state index in [-0.39, 0.29) is 0 Å². The Morgan fingerprint density at radius 3 is 2.76 bits per heavy atom. The monoisotopic (exact) mass is 287 g/mol. The van der Waals surface area contributed by atoms with Gasteiger partial charge in [-0.3, -0.25) is 0 Å². The summed E-state index contributed by atoms with van der Waals surface area (Å²) < 4.78 is 1.08. The van der Waals surface area contributed by atoms with Gasteiger partial charge in [-0.1, -0.05) is 36.4 Å². The summed E-state index contributed by atoms with van der Waals surface area (Å²) in [4.78, 5) is 14.4. The highest BCUT2D eigenvalue weighted by molar-refractivity contribution is 7.25. The van der Waals surface area contributed by atoms with Crippen LogP contribution in [0.3, 0.4) is 0 Å². The topological polar surface area (TPSA) is 38.7 Å². The summed E-state index contributed by atoms with van der Waals surface area (Å²) in [5.74, 6) is 0. The minimum absolute atomic E-state index is 0.993. The molecule has 3 aromatic heterocycles. The van der Waals surface area contributed by atoms with Crippen molar-refractivity contribution in [1.29, 1.82) is 0 Å². The average Bonchev–Trinajstić information content (AvgIpc) is 2.90. The summed E-state index contributed by atoms with van der Waals surface area (Å²) in [5, 5.41) is 4.68. The molecule has 98 valence electrons. The van der Waals surface area contributed by atoms with Crippen LogP contribution in [-0.2, 0) is 0 Å². The van der Waals surface area contributed by atoms with Gasteiger partial charge in [-0.2, -0.15) is 0 Å². The fourth-order valence-corrected chi connectivity index (χ4v) is 3.82. The van der Waals surface area contributed by atoms with E-state index in [4.69, 9.17) is 4.98 Å². The maximum absolute atomic E-state index is 4.89. The quantitative estimate of drug-likeness (QED) is 0.392. The van der Waals surface area contributed by atoms with Gasteiger partial charge in [0.25, 0.3) is 0 Å². The molecule has 5 rings (SSSR count). The Balaban J connectivity index is 2.04. The Morgan fingerprint density at radius 2 is 1.76 bits per heavy atom. The van der Waals surface area contributed by atoms with Gasteiger partial charge in [0, 0.05) is 22.4 Å². The van der Waals surface area contributed by atoms with E-state index in [1.54, 1.807) is 17.7 Å². The van der Waals surface area contributed by atoms with Crippen LogP contribution in [0.15, 0.2) is 55.0 Å². The second-order valence-corrected chi connectivity index (χ2v) is 6.07. The fourth-order valence-electron chi connectivity index (χ4n) is 2.84. The van der Waals surface area contributed by atoms with Crippen LogP contribution in [-0.4, -0.2) is 15.0 Å². The second kappa shape index (κ2) is 3.96. The van der Waals surface area contributed by atoms with Crippen LogP contribution in [0.2, 0.25) is 0 Å². The average molecular weight is 287 g/mol. The molecule has 0 bridgehead atoms. The molecule has 0 N–H and O–H groups in total. The lowest BCUT2D eigenvalue weighted by molar-refractivity contribution is 1.23. The van der Waals surface area contributed by atoms with E-state index in [9.17, 15) is 0 Å². The zero-order valence-corrected chi connectivity index (χ0v) is 11.8. The number of fused-ring (bicyclic) bond motifs is 6. The minimum atomic E-state index is 0.993. The van der Waals surface area contributed by atoms with Gasteiger partial charge in [0.2, 0.25) is 0 Å². The molecule has 0 saturated carbocycles. The number of benzene rings is 2. The van der Waals surface area contributed by atoms with E-state index >= 15 is 0 Å². The molecular formula is C17H9N3S. The third kappa shape index (κ3) is 1.51. The van der Waals surface area contributed by atoms with Crippen molar-refractivity contribution >= 4 is 53.4 Å². The van der Waals surface area contributed by atoms with Crippen molar-refractivity contribution in [3.63, 3.8) is 0 Å². The molecule has 0 amide bonds. The highest BCUT2D eigenvalue weighted by Gasteiger charge is 2.10. The van der Waals surface area contributed by atoms with E-state index in [2.05, 4.69) is 52.4 Å². The molecule has 3 heterocycles. The summed E-state index contributed by atoms with van der Waals surface area (Å²) in [6.45, 7) is 0. The first-order chi connectivity index (χ1) is 10.4. The smallest absolute Gasteiger partial charge is 0.126 e. The molecule has 21 heavy (non-hydrogen) atoms. The summed E-state index contributed by atoms with van der Waals surface area (Å²) in [5.41, 5.74) is 2.05. The third-order valence-electron chi connectivity index (χ3n) is 3.82. The normalized spacial score (nSPS) is 11.8. The minimum Gasteiger partial charge on any atom is -0.243 e. The van der Waals surface area contributed by atoms with Gasteiger partial charge in [0.15, 0.2) is 0 Å². The van der Waals surface area contributed by atoms with E-state index in [1.807, 2.05) is 6.20 Å². The number of hydrogen-bond donors (Lipinski definition) is 0. The van der Waals surface area contributed by atoms with E-state index in [1.165, 1.54) is 10.8 Å². The zero-order valence-electron chi connectivity index (χ0n) is 10.9. The van der Waals surface area contributed by atoms with Crippen LogP contribution in [0.1, 0.15) is 0 Å². The summed E-state index contributed by atoms with van der Waals surface area (Å²) >= 11 is 1.65. The van der Waals surface area contributed by atoms with Gasteiger partial charge in [-0.05, 0) is 11.5 Å². The van der Waals surface area contributed by atoms with Gasteiger partial charge < -0.3 is 0 Å². The van der Waals surface area contributed by atoms with Crippen LogP contribution in [0.4, 0.5) is 0 Å². The lowest BCUT2D eigenvalue weighted by Gasteiger charge is -2.03. The van der Waals surface area contributed by atoms with Crippen molar-refractivity contribution in [3.8, 4) is 0 Å². The van der Waals surface area contributed by atoms with Gasteiger partial charge >= 0.3 is 0 Å². The molecule has 0 spiro atoms. The number of aromatic nitrogens is 3. The predicted octanol–water partition coefficient (Wildman–Crippen LogP) is 4.55. The Morgan fingerprint density at radius 1 is 0.857 bits per heavy atom. The molecule has 3 nitrogen and oxygen atoms in total. The van der Waals surface area contributed by atoms with Crippen molar-refractivity contribution in [2.75, 3.05) is 0 Å². The SMILES string of the molecule is c1ccc2c(c1)ccc1cc3c(nc12)sc1cncnc13. The Labute approximate surface area is 123 Å².